The van der Waals surface area contributed by atoms with E-state index in [-0.39, 0.29) is 11.8 Å². The van der Waals surface area contributed by atoms with Crippen molar-refractivity contribution < 1.29 is 9.53 Å². The van der Waals surface area contributed by atoms with Crippen LogP contribution in [0, 0.1) is 12.8 Å². The zero-order valence-corrected chi connectivity index (χ0v) is 16.9. The highest BCUT2D eigenvalue weighted by Crippen LogP contribution is 2.23. The minimum absolute atomic E-state index is 0.000840. The molecular formula is C22H30N4O2. The molecule has 1 amide bonds. The van der Waals surface area contributed by atoms with Crippen molar-refractivity contribution in [2.24, 2.45) is 5.92 Å². The first kappa shape index (κ1) is 20.3. The lowest BCUT2D eigenvalue weighted by Crippen LogP contribution is -2.43. The largest absolute Gasteiger partial charge is 0.382 e. The Bertz CT molecular complexity index is 763. The highest BCUT2D eigenvalue weighted by atomic mass is 16.5. The van der Waals surface area contributed by atoms with Crippen LogP contribution in [0.5, 0.6) is 0 Å². The minimum Gasteiger partial charge on any atom is -0.382 e. The van der Waals surface area contributed by atoms with Gasteiger partial charge in [0.1, 0.15) is 0 Å². The van der Waals surface area contributed by atoms with Crippen molar-refractivity contribution >= 4 is 11.7 Å². The number of hydrogen-bond acceptors (Lipinski definition) is 5. The predicted octanol–water partition coefficient (Wildman–Crippen LogP) is 3.21. The number of aryl methyl sites for hydroxylation is 1. The summed E-state index contributed by atoms with van der Waals surface area (Å²) in [6.45, 7) is 7.72. The average Bonchev–Trinajstić information content (AvgIpc) is 2.74. The number of carbonyl (C=O) groups excluding carboxylic acids is 1. The summed E-state index contributed by atoms with van der Waals surface area (Å²) in [5.41, 5.74) is 3.14. The molecule has 0 spiro atoms. The number of aromatic nitrogens is 2. The molecule has 0 aliphatic carbocycles. The summed E-state index contributed by atoms with van der Waals surface area (Å²) in [4.78, 5) is 14.6. The molecule has 0 bridgehead atoms. The molecule has 1 N–H and O–H groups in total. The summed E-state index contributed by atoms with van der Waals surface area (Å²) in [5, 5.41) is 11.9. The van der Waals surface area contributed by atoms with Crippen LogP contribution < -0.4 is 10.2 Å². The number of carbonyl (C=O) groups is 1. The molecular weight excluding hydrogens is 352 g/mol. The third kappa shape index (κ3) is 5.52. The molecule has 1 aliphatic rings. The van der Waals surface area contributed by atoms with Gasteiger partial charge in [-0.2, -0.15) is 0 Å². The van der Waals surface area contributed by atoms with Gasteiger partial charge in [0.2, 0.25) is 5.91 Å². The van der Waals surface area contributed by atoms with Gasteiger partial charge in [-0.25, -0.2) is 0 Å². The lowest BCUT2D eigenvalue weighted by Gasteiger charge is -2.32. The molecule has 1 atom stereocenters. The van der Waals surface area contributed by atoms with E-state index in [0.717, 1.165) is 49.5 Å². The standard InChI is InChI=1S/C22H30N4O2/c1-3-28-14-6-12-23-22(27)19-9-5-13-26(16-19)21-11-10-20(24-25-21)18-8-4-7-17(2)15-18/h4,7-8,10-11,15,19H,3,5-6,9,12-14,16H2,1-2H3,(H,23,27)/t19-/m0/s1. The second-order valence-electron chi connectivity index (χ2n) is 7.27. The number of ether oxygens (including phenoxy) is 1. The number of rotatable bonds is 8. The number of piperidine rings is 1. The first-order valence-corrected chi connectivity index (χ1v) is 10.2. The first-order chi connectivity index (χ1) is 13.7. The molecule has 0 saturated carbocycles. The smallest absolute Gasteiger partial charge is 0.224 e. The van der Waals surface area contributed by atoms with Crippen LogP contribution in [0.1, 0.15) is 31.7 Å². The number of benzene rings is 1. The van der Waals surface area contributed by atoms with E-state index in [2.05, 4.69) is 39.5 Å². The highest BCUT2D eigenvalue weighted by Gasteiger charge is 2.26. The third-order valence-electron chi connectivity index (χ3n) is 5.05. The Morgan fingerprint density at radius 2 is 2.18 bits per heavy atom. The van der Waals surface area contributed by atoms with Gasteiger partial charge in [0.15, 0.2) is 5.82 Å². The van der Waals surface area contributed by atoms with Gasteiger partial charge in [-0.15, -0.1) is 10.2 Å². The molecule has 1 aliphatic heterocycles. The van der Waals surface area contributed by atoms with E-state index in [1.54, 1.807) is 0 Å². The van der Waals surface area contributed by atoms with Gasteiger partial charge in [-0.05, 0) is 51.3 Å². The van der Waals surface area contributed by atoms with Crippen LogP contribution in [0.25, 0.3) is 11.3 Å². The van der Waals surface area contributed by atoms with E-state index in [0.29, 0.717) is 19.7 Å². The molecule has 2 aromatic rings. The van der Waals surface area contributed by atoms with Gasteiger partial charge >= 0.3 is 0 Å². The Morgan fingerprint density at radius 1 is 1.29 bits per heavy atom. The summed E-state index contributed by atoms with van der Waals surface area (Å²) >= 11 is 0. The zero-order chi connectivity index (χ0) is 19.8. The number of anilines is 1. The first-order valence-electron chi connectivity index (χ1n) is 10.2. The molecule has 3 rings (SSSR count). The summed E-state index contributed by atoms with van der Waals surface area (Å²) in [6, 6.07) is 12.3. The lowest BCUT2D eigenvalue weighted by atomic mass is 9.97. The van der Waals surface area contributed by atoms with Crippen molar-refractivity contribution in [1.82, 2.24) is 15.5 Å². The molecule has 1 aromatic carbocycles. The second kappa shape index (κ2) is 10.2. The van der Waals surface area contributed by atoms with Crippen molar-refractivity contribution in [2.75, 3.05) is 37.7 Å². The summed E-state index contributed by atoms with van der Waals surface area (Å²) < 4.78 is 5.31. The Hall–Kier alpha value is -2.47. The normalized spacial score (nSPS) is 16.8. The van der Waals surface area contributed by atoms with E-state index in [4.69, 9.17) is 4.74 Å². The second-order valence-corrected chi connectivity index (χ2v) is 7.27. The van der Waals surface area contributed by atoms with Crippen molar-refractivity contribution in [3.63, 3.8) is 0 Å². The predicted molar refractivity (Wildman–Crippen MR) is 111 cm³/mol. The molecule has 150 valence electrons. The lowest BCUT2D eigenvalue weighted by molar-refractivity contribution is -0.125. The SMILES string of the molecule is CCOCCCNC(=O)[C@H]1CCCN(c2ccc(-c3cccc(C)c3)nn2)C1. The average molecular weight is 383 g/mol. The van der Waals surface area contributed by atoms with Gasteiger partial charge in [0, 0.05) is 38.4 Å². The highest BCUT2D eigenvalue weighted by molar-refractivity contribution is 5.79. The maximum absolute atomic E-state index is 12.5. The fourth-order valence-electron chi connectivity index (χ4n) is 3.53. The quantitative estimate of drug-likeness (QED) is 0.710. The van der Waals surface area contributed by atoms with Gasteiger partial charge in [0.05, 0.1) is 11.6 Å². The fraction of sp³-hybridized carbons (Fsp3) is 0.500. The van der Waals surface area contributed by atoms with Gasteiger partial charge in [0.25, 0.3) is 0 Å². The number of hydrogen-bond donors (Lipinski definition) is 1. The Kier molecular flexibility index (Phi) is 7.37. The van der Waals surface area contributed by atoms with E-state index >= 15 is 0 Å². The molecule has 1 fully saturated rings. The molecule has 6 heteroatoms. The molecule has 28 heavy (non-hydrogen) atoms. The molecule has 2 heterocycles. The number of nitrogens with zero attached hydrogens (tertiary/aromatic N) is 3. The van der Waals surface area contributed by atoms with E-state index < -0.39 is 0 Å². The van der Waals surface area contributed by atoms with E-state index in [1.165, 1.54) is 5.56 Å². The molecule has 1 saturated heterocycles. The zero-order valence-electron chi connectivity index (χ0n) is 16.9. The fourth-order valence-corrected chi connectivity index (χ4v) is 3.53. The summed E-state index contributed by atoms with van der Waals surface area (Å²) in [6.07, 6.45) is 2.75. The van der Waals surface area contributed by atoms with Crippen LogP contribution >= 0.6 is 0 Å². The van der Waals surface area contributed by atoms with Gasteiger partial charge in [-0.3, -0.25) is 4.79 Å². The maximum Gasteiger partial charge on any atom is 0.224 e. The Morgan fingerprint density at radius 3 is 2.93 bits per heavy atom. The van der Waals surface area contributed by atoms with E-state index in [9.17, 15) is 4.79 Å². The summed E-state index contributed by atoms with van der Waals surface area (Å²) in [7, 11) is 0. The van der Waals surface area contributed by atoms with E-state index in [1.807, 2.05) is 31.2 Å². The van der Waals surface area contributed by atoms with Crippen LogP contribution in [0.15, 0.2) is 36.4 Å². The van der Waals surface area contributed by atoms with Crippen LogP contribution in [0.4, 0.5) is 5.82 Å². The van der Waals surface area contributed by atoms with Crippen molar-refractivity contribution in [1.29, 1.82) is 0 Å². The molecule has 0 radical (unpaired) electrons. The molecule has 6 nitrogen and oxygen atoms in total. The van der Waals surface area contributed by atoms with Gasteiger partial charge in [-0.1, -0.05) is 23.8 Å². The topological polar surface area (TPSA) is 67.3 Å². The van der Waals surface area contributed by atoms with Crippen molar-refractivity contribution in [3.05, 3.63) is 42.0 Å². The molecule has 0 unspecified atom stereocenters. The Balaban J connectivity index is 1.55. The number of nitrogens with one attached hydrogen (secondary N) is 1. The maximum atomic E-state index is 12.5. The minimum atomic E-state index is -0.000840. The Labute approximate surface area is 167 Å². The van der Waals surface area contributed by atoms with Crippen LogP contribution in [0.2, 0.25) is 0 Å². The van der Waals surface area contributed by atoms with Gasteiger partial charge < -0.3 is 15.0 Å². The monoisotopic (exact) mass is 382 g/mol. The van der Waals surface area contributed by atoms with Crippen molar-refractivity contribution in [3.8, 4) is 11.3 Å². The third-order valence-corrected chi connectivity index (χ3v) is 5.05. The van der Waals surface area contributed by atoms with Crippen molar-refractivity contribution in [2.45, 2.75) is 33.1 Å². The summed E-state index contributed by atoms with van der Waals surface area (Å²) in [5.74, 6) is 0.967. The van der Waals surface area contributed by atoms with Crippen LogP contribution in [-0.2, 0) is 9.53 Å². The molecule has 1 aromatic heterocycles. The van der Waals surface area contributed by atoms with Crippen LogP contribution in [0.3, 0.4) is 0 Å². The number of amides is 1. The van der Waals surface area contributed by atoms with Crippen LogP contribution in [-0.4, -0.2) is 49.0 Å².